The molecule has 0 saturated heterocycles. The van der Waals surface area contributed by atoms with Gasteiger partial charge in [-0.3, -0.25) is 9.79 Å². The van der Waals surface area contributed by atoms with E-state index in [1.54, 1.807) is 18.4 Å². The van der Waals surface area contributed by atoms with Gasteiger partial charge in [-0.15, -0.1) is 0 Å². The van der Waals surface area contributed by atoms with Gasteiger partial charge in [-0.2, -0.15) is 0 Å². The molecule has 0 saturated carbocycles. The summed E-state index contributed by atoms with van der Waals surface area (Å²) >= 11 is 0. The summed E-state index contributed by atoms with van der Waals surface area (Å²) in [6.45, 7) is 0. The van der Waals surface area contributed by atoms with Crippen LogP contribution >= 0.6 is 7.82 Å². The van der Waals surface area contributed by atoms with E-state index < -0.39 is 7.82 Å². The third-order valence-electron chi connectivity index (χ3n) is 1.47. The summed E-state index contributed by atoms with van der Waals surface area (Å²) in [4.78, 5) is 36.3. The van der Waals surface area contributed by atoms with Crippen LogP contribution in [0.4, 0.5) is 0 Å². The number of hydrogen-bond acceptors (Lipinski definition) is 3. The van der Waals surface area contributed by atoms with Gasteiger partial charge in [0.2, 0.25) is 0 Å². The summed E-state index contributed by atoms with van der Waals surface area (Å²) in [6, 6.07) is 0. The standard InChI is InChI=1S/C8H5NO.H3O4P/c10-7-2-1-6-3-4-9-8(6)5-7;1-5(2,3)4/h1-5H;(H3,1,2,3,4). The molecule has 1 aliphatic carbocycles. The Labute approximate surface area is 85.2 Å². The molecule has 2 aliphatic rings. The number of hydrogen-bond donors (Lipinski definition) is 3. The largest absolute Gasteiger partial charge is 0.466 e. The number of nitrogens with zero attached hydrogens (tertiary/aromatic N) is 1. The van der Waals surface area contributed by atoms with Gasteiger partial charge in [0.05, 0.1) is 5.70 Å². The van der Waals surface area contributed by atoms with Crippen LogP contribution in [-0.4, -0.2) is 26.7 Å². The molecule has 0 atom stereocenters. The number of aliphatic imine (C=N–C) groups is 1. The van der Waals surface area contributed by atoms with Gasteiger partial charge < -0.3 is 14.7 Å². The second-order valence-corrected chi connectivity index (χ2v) is 3.71. The van der Waals surface area contributed by atoms with Crippen LogP contribution in [0.5, 0.6) is 0 Å². The zero-order valence-electron chi connectivity index (χ0n) is 7.44. The van der Waals surface area contributed by atoms with Gasteiger partial charge in [0.1, 0.15) is 0 Å². The average molecular weight is 229 g/mol. The van der Waals surface area contributed by atoms with Crippen molar-refractivity contribution >= 4 is 19.8 Å². The topological polar surface area (TPSA) is 107 Å². The highest BCUT2D eigenvalue weighted by Gasteiger charge is 2.10. The first-order valence-corrected chi connectivity index (χ1v) is 5.39. The average Bonchev–Trinajstić information content (AvgIpc) is 2.47. The summed E-state index contributed by atoms with van der Waals surface area (Å²) < 4.78 is 8.88. The Hall–Kier alpha value is -1.33. The fraction of sp³-hybridized carbons (Fsp3) is 0. The molecule has 3 N–H and O–H groups in total. The molecule has 80 valence electrons. The first kappa shape index (κ1) is 11.7. The van der Waals surface area contributed by atoms with E-state index >= 15 is 0 Å². The third-order valence-corrected chi connectivity index (χ3v) is 1.47. The van der Waals surface area contributed by atoms with Crippen molar-refractivity contribution < 1.29 is 24.0 Å². The highest BCUT2D eigenvalue weighted by Crippen LogP contribution is 2.25. The van der Waals surface area contributed by atoms with Crippen LogP contribution in [0, 0.1) is 0 Å². The monoisotopic (exact) mass is 229 g/mol. The van der Waals surface area contributed by atoms with Crippen molar-refractivity contribution in [1.29, 1.82) is 0 Å². The Bertz CT molecular complexity index is 432. The van der Waals surface area contributed by atoms with Gasteiger partial charge >= 0.3 is 7.82 Å². The van der Waals surface area contributed by atoms with E-state index in [0.29, 0.717) is 0 Å². The lowest BCUT2D eigenvalue weighted by Crippen LogP contribution is -1.94. The maximum atomic E-state index is 10.7. The van der Waals surface area contributed by atoms with E-state index in [1.165, 1.54) is 6.08 Å². The minimum atomic E-state index is -4.64. The number of fused-ring (bicyclic) bond motifs is 1. The maximum Gasteiger partial charge on any atom is 0.466 e. The molecule has 15 heavy (non-hydrogen) atoms. The van der Waals surface area contributed by atoms with Crippen molar-refractivity contribution in [3.8, 4) is 0 Å². The number of phosphoric acid groups is 1. The zero-order valence-corrected chi connectivity index (χ0v) is 8.33. The van der Waals surface area contributed by atoms with E-state index in [0.717, 1.165) is 11.3 Å². The van der Waals surface area contributed by atoms with Crippen LogP contribution < -0.4 is 0 Å². The second-order valence-electron chi connectivity index (χ2n) is 2.68. The van der Waals surface area contributed by atoms with E-state index in [1.807, 2.05) is 6.08 Å². The number of carbonyl (C=O) groups is 1. The molecule has 0 amide bonds. The highest BCUT2D eigenvalue weighted by atomic mass is 31.2. The molecule has 0 spiro atoms. The summed E-state index contributed by atoms with van der Waals surface area (Å²) in [5, 5.41) is 0. The fourth-order valence-corrected chi connectivity index (χ4v) is 0.974. The van der Waals surface area contributed by atoms with Crippen LogP contribution in [0.15, 0.2) is 40.6 Å². The molecule has 0 radical (unpaired) electrons. The lowest BCUT2D eigenvalue weighted by molar-refractivity contribution is -0.110. The Balaban J connectivity index is 0.000000195. The van der Waals surface area contributed by atoms with Gasteiger partial charge in [0.15, 0.2) is 5.78 Å². The van der Waals surface area contributed by atoms with E-state index in [-0.39, 0.29) is 5.78 Å². The van der Waals surface area contributed by atoms with Crippen molar-refractivity contribution in [3.05, 3.63) is 35.6 Å². The third kappa shape index (κ3) is 4.62. The Morgan fingerprint density at radius 3 is 2.40 bits per heavy atom. The molecule has 1 heterocycles. The van der Waals surface area contributed by atoms with Gasteiger partial charge in [-0.05, 0) is 18.2 Å². The second kappa shape index (κ2) is 4.46. The van der Waals surface area contributed by atoms with Crippen molar-refractivity contribution in [2.75, 3.05) is 0 Å². The van der Waals surface area contributed by atoms with Crippen LogP contribution in [0.1, 0.15) is 0 Å². The molecule has 0 fully saturated rings. The molecule has 0 unspecified atom stereocenters. The zero-order chi connectivity index (χ0) is 11.5. The SMILES string of the molecule is O=C1C=CC2=CC=NC2=C1.O=P(O)(O)O. The van der Waals surface area contributed by atoms with Crippen molar-refractivity contribution in [1.82, 2.24) is 0 Å². The molecular weight excluding hydrogens is 221 g/mol. The molecule has 7 heteroatoms. The number of allylic oxidation sites excluding steroid dienone is 4. The quantitative estimate of drug-likeness (QED) is 0.510. The first-order valence-electron chi connectivity index (χ1n) is 3.83. The number of carbonyl (C=O) groups excluding carboxylic acids is 1. The molecule has 6 nitrogen and oxygen atoms in total. The maximum absolute atomic E-state index is 10.7. The Morgan fingerprint density at radius 1 is 1.20 bits per heavy atom. The summed E-state index contributed by atoms with van der Waals surface area (Å²) in [7, 11) is -4.64. The first-order chi connectivity index (χ1) is 6.86. The molecule has 2 rings (SSSR count). The minimum absolute atomic E-state index is 0.0196. The predicted molar refractivity (Wildman–Crippen MR) is 53.1 cm³/mol. The smallest absolute Gasteiger partial charge is 0.303 e. The summed E-state index contributed by atoms with van der Waals surface area (Å²) in [6.07, 6.45) is 8.45. The van der Waals surface area contributed by atoms with Crippen molar-refractivity contribution in [3.63, 3.8) is 0 Å². The van der Waals surface area contributed by atoms with Gasteiger partial charge in [0.25, 0.3) is 0 Å². The van der Waals surface area contributed by atoms with Crippen LogP contribution in [0.25, 0.3) is 0 Å². The predicted octanol–water partition coefficient (Wildman–Crippen LogP) is 0.0914. The number of ketones is 1. The normalized spacial score (nSPS) is 17.7. The molecular formula is C8H8NO5P. The minimum Gasteiger partial charge on any atom is -0.303 e. The number of rotatable bonds is 0. The summed E-state index contributed by atoms with van der Waals surface area (Å²) in [5.74, 6) is 0.0196. The van der Waals surface area contributed by atoms with Crippen LogP contribution in [-0.2, 0) is 9.36 Å². The van der Waals surface area contributed by atoms with Gasteiger partial charge in [0, 0.05) is 17.9 Å². The lowest BCUT2D eigenvalue weighted by atomic mass is 10.1. The van der Waals surface area contributed by atoms with E-state index in [2.05, 4.69) is 4.99 Å². The van der Waals surface area contributed by atoms with E-state index in [9.17, 15) is 4.79 Å². The Kier molecular flexibility index (Phi) is 3.49. The van der Waals surface area contributed by atoms with Crippen molar-refractivity contribution in [2.24, 2.45) is 4.99 Å². The Morgan fingerprint density at radius 2 is 1.80 bits per heavy atom. The van der Waals surface area contributed by atoms with E-state index in [4.69, 9.17) is 19.2 Å². The lowest BCUT2D eigenvalue weighted by Gasteiger charge is -1.99. The van der Waals surface area contributed by atoms with Crippen LogP contribution in [0.2, 0.25) is 0 Å². The fourth-order valence-electron chi connectivity index (χ4n) is 0.974. The molecule has 0 aromatic carbocycles. The summed E-state index contributed by atoms with van der Waals surface area (Å²) in [5.41, 5.74) is 1.81. The molecule has 0 aromatic rings. The highest BCUT2D eigenvalue weighted by molar-refractivity contribution is 7.45. The van der Waals surface area contributed by atoms with Gasteiger partial charge in [-0.25, -0.2) is 4.57 Å². The molecule has 0 bridgehead atoms. The molecule has 1 aliphatic heterocycles. The van der Waals surface area contributed by atoms with Gasteiger partial charge in [-0.1, -0.05) is 0 Å². The van der Waals surface area contributed by atoms with Crippen LogP contribution in [0.3, 0.4) is 0 Å². The van der Waals surface area contributed by atoms with Crippen molar-refractivity contribution in [2.45, 2.75) is 0 Å². The molecule has 0 aromatic heterocycles.